The number of nitrogen functional groups attached to an aromatic ring is 1. The molecule has 0 atom stereocenters. The number of ether oxygens (including phenoxy) is 3. The first-order valence-electron chi connectivity index (χ1n) is 7.17. The van der Waals surface area contributed by atoms with Gasteiger partial charge in [-0.25, -0.2) is 0 Å². The molecule has 0 saturated carbocycles. The fraction of sp³-hybridized carbons (Fsp3) is 0.176. The predicted octanol–water partition coefficient (Wildman–Crippen LogP) is 1.73. The number of carbonyl (C=O) groups excluding carboxylic acids is 2. The third kappa shape index (κ3) is 5.20. The number of benzene rings is 2. The molecule has 0 spiro atoms. The molecular formula is C17H18N2O5. The van der Waals surface area contributed by atoms with Crippen LogP contribution in [0.25, 0.3) is 0 Å². The first kappa shape index (κ1) is 17.1. The zero-order valence-electron chi connectivity index (χ0n) is 13.2. The molecule has 24 heavy (non-hydrogen) atoms. The van der Waals surface area contributed by atoms with Gasteiger partial charge in [0.25, 0.3) is 5.91 Å². The minimum Gasteiger partial charge on any atom is -0.480 e. The summed E-state index contributed by atoms with van der Waals surface area (Å²) in [6.07, 6.45) is 0. The molecule has 0 aromatic heterocycles. The van der Waals surface area contributed by atoms with Crippen LogP contribution < -0.4 is 20.5 Å². The van der Waals surface area contributed by atoms with Gasteiger partial charge in [0.1, 0.15) is 12.3 Å². The number of para-hydroxylation sites is 2. The molecule has 126 valence electrons. The van der Waals surface area contributed by atoms with E-state index in [0.29, 0.717) is 22.9 Å². The Morgan fingerprint density at radius 3 is 2.38 bits per heavy atom. The van der Waals surface area contributed by atoms with Gasteiger partial charge >= 0.3 is 5.97 Å². The van der Waals surface area contributed by atoms with Gasteiger partial charge in [-0.1, -0.05) is 12.1 Å². The molecule has 0 radical (unpaired) electrons. The van der Waals surface area contributed by atoms with Crippen LogP contribution in [0.1, 0.15) is 0 Å². The summed E-state index contributed by atoms with van der Waals surface area (Å²) < 4.78 is 15.6. The molecule has 2 aromatic rings. The summed E-state index contributed by atoms with van der Waals surface area (Å²) in [6, 6.07) is 13.9. The lowest BCUT2D eigenvalue weighted by Crippen LogP contribution is -2.33. The van der Waals surface area contributed by atoms with Crippen LogP contribution in [0.15, 0.2) is 48.5 Å². The first-order chi connectivity index (χ1) is 11.6. The van der Waals surface area contributed by atoms with E-state index in [2.05, 4.69) is 10.1 Å². The Hall–Kier alpha value is -3.22. The van der Waals surface area contributed by atoms with Gasteiger partial charge in [-0.3, -0.25) is 9.59 Å². The minimum atomic E-state index is -0.532. The van der Waals surface area contributed by atoms with Gasteiger partial charge in [0.05, 0.1) is 7.11 Å². The number of hydrogen-bond donors (Lipinski definition) is 2. The van der Waals surface area contributed by atoms with Crippen LogP contribution in [-0.4, -0.2) is 32.1 Å². The van der Waals surface area contributed by atoms with Gasteiger partial charge in [0.2, 0.25) is 0 Å². The van der Waals surface area contributed by atoms with Crippen LogP contribution in [0, 0.1) is 0 Å². The lowest BCUT2D eigenvalue weighted by atomic mass is 10.3. The third-order valence-corrected chi connectivity index (χ3v) is 2.97. The smallest absolute Gasteiger partial charge is 0.325 e. The third-order valence-electron chi connectivity index (χ3n) is 2.97. The number of nitrogens with one attached hydrogen (secondary N) is 1. The van der Waals surface area contributed by atoms with Crippen molar-refractivity contribution < 1.29 is 23.8 Å². The van der Waals surface area contributed by atoms with Crippen molar-refractivity contribution in [1.29, 1.82) is 0 Å². The molecular weight excluding hydrogens is 312 g/mol. The SMILES string of the molecule is COC(=O)CNC(=O)COc1ccccc1Oc1ccc(N)cc1. The van der Waals surface area contributed by atoms with Gasteiger partial charge in [-0.2, -0.15) is 0 Å². The number of hydrogen-bond acceptors (Lipinski definition) is 6. The molecule has 0 aliphatic carbocycles. The Morgan fingerprint density at radius 1 is 1.04 bits per heavy atom. The van der Waals surface area contributed by atoms with E-state index in [-0.39, 0.29) is 13.2 Å². The van der Waals surface area contributed by atoms with Crippen LogP contribution >= 0.6 is 0 Å². The number of nitrogens with two attached hydrogens (primary N) is 1. The normalized spacial score (nSPS) is 9.88. The fourth-order valence-electron chi connectivity index (χ4n) is 1.75. The molecule has 2 rings (SSSR count). The lowest BCUT2D eigenvalue weighted by molar-refractivity contribution is -0.141. The van der Waals surface area contributed by atoms with Crippen molar-refractivity contribution in [3.63, 3.8) is 0 Å². The van der Waals surface area contributed by atoms with Crippen molar-refractivity contribution in [2.45, 2.75) is 0 Å². The van der Waals surface area contributed by atoms with Crippen LogP contribution in [0.5, 0.6) is 17.2 Å². The Balaban J connectivity index is 1.94. The van der Waals surface area contributed by atoms with Gasteiger partial charge in [0.15, 0.2) is 18.1 Å². The molecule has 0 saturated heterocycles. The Morgan fingerprint density at radius 2 is 1.71 bits per heavy atom. The first-order valence-corrected chi connectivity index (χ1v) is 7.17. The number of methoxy groups -OCH3 is 1. The summed E-state index contributed by atoms with van der Waals surface area (Å²) in [4.78, 5) is 22.6. The largest absolute Gasteiger partial charge is 0.480 e. The molecule has 7 nitrogen and oxygen atoms in total. The second-order valence-corrected chi connectivity index (χ2v) is 4.76. The highest BCUT2D eigenvalue weighted by atomic mass is 16.5. The standard InChI is InChI=1S/C17H18N2O5/c1-22-17(21)10-19-16(20)11-23-14-4-2-3-5-15(14)24-13-8-6-12(18)7-9-13/h2-9H,10-11,18H2,1H3,(H,19,20). The van der Waals surface area contributed by atoms with E-state index in [1.807, 2.05) is 0 Å². The Kier molecular flexibility index (Phi) is 6.01. The molecule has 0 fully saturated rings. The van der Waals surface area contributed by atoms with Crippen LogP contribution in [0.4, 0.5) is 5.69 Å². The summed E-state index contributed by atoms with van der Waals surface area (Å²) in [7, 11) is 1.25. The summed E-state index contributed by atoms with van der Waals surface area (Å²) >= 11 is 0. The van der Waals surface area contributed by atoms with Crippen molar-refractivity contribution >= 4 is 17.6 Å². The van der Waals surface area contributed by atoms with Gasteiger partial charge in [-0.15, -0.1) is 0 Å². The number of rotatable bonds is 7. The van der Waals surface area contributed by atoms with E-state index < -0.39 is 11.9 Å². The van der Waals surface area contributed by atoms with Crippen molar-refractivity contribution in [1.82, 2.24) is 5.32 Å². The Bertz CT molecular complexity index is 700. The molecule has 1 amide bonds. The Labute approximate surface area is 139 Å². The zero-order valence-corrected chi connectivity index (χ0v) is 13.2. The molecule has 2 aromatic carbocycles. The molecule has 0 aliphatic rings. The van der Waals surface area contributed by atoms with Crippen LogP contribution in [0.2, 0.25) is 0 Å². The van der Waals surface area contributed by atoms with Crippen LogP contribution in [0.3, 0.4) is 0 Å². The summed E-state index contributed by atoms with van der Waals surface area (Å²) in [6.45, 7) is -0.457. The molecule has 0 bridgehead atoms. The highest BCUT2D eigenvalue weighted by molar-refractivity contribution is 5.82. The van der Waals surface area contributed by atoms with Crippen molar-refractivity contribution in [3.8, 4) is 17.2 Å². The van der Waals surface area contributed by atoms with E-state index in [9.17, 15) is 9.59 Å². The molecule has 0 heterocycles. The zero-order chi connectivity index (χ0) is 17.4. The monoisotopic (exact) mass is 330 g/mol. The quantitative estimate of drug-likeness (QED) is 0.592. The predicted molar refractivity (Wildman–Crippen MR) is 87.9 cm³/mol. The summed E-state index contributed by atoms with van der Waals surface area (Å²) in [5, 5.41) is 2.39. The summed E-state index contributed by atoms with van der Waals surface area (Å²) in [5.74, 6) is 0.485. The van der Waals surface area contributed by atoms with Crippen molar-refractivity contribution in [2.24, 2.45) is 0 Å². The number of esters is 1. The maximum atomic E-state index is 11.6. The molecule has 7 heteroatoms. The lowest BCUT2D eigenvalue weighted by Gasteiger charge is -2.12. The van der Waals surface area contributed by atoms with E-state index in [0.717, 1.165) is 0 Å². The summed E-state index contributed by atoms with van der Waals surface area (Å²) in [5.41, 5.74) is 6.27. The molecule has 0 unspecified atom stereocenters. The highest BCUT2D eigenvalue weighted by Crippen LogP contribution is 2.31. The highest BCUT2D eigenvalue weighted by Gasteiger charge is 2.10. The van der Waals surface area contributed by atoms with E-state index in [1.165, 1.54) is 7.11 Å². The topological polar surface area (TPSA) is 99.9 Å². The maximum absolute atomic E-state index is 11.6. The van der Waals surface area contributed by atoms with E-state index in [4.69, 9.17) is 15.2 Å². The van der Waals surface area contributed by atoms with Gasteiger partial charge in [0, 0.05) is 5.69 Å². The second kappa shape index (κ2) is 8.42. The molecule has 0 aliphatic heterocycles. The van der Waals surface area contributed by atoms with Crippen LogP contribution in [-0.2, 0) is 14.3 Å². The van der Waals surface area contributed by atoms with E-state index >= 15 is 0 Å². The number of carbonyl (C=O) groups is 2. The molecule has 3 N–H and O–H groups in total. The second-order valence-electron chi connectivity index (χ2n) is 4.76. The fourth-order valence-corrected chi connectivity index (χ4v) is 1.75. The number of amides is 1. The van der Waals surface area contributed by atoms with Crippen molar-refractivity contribution in [2.75, 3.05) is 26.0 Å². The average Bonchev–Trinajstić information content (AvgIpc) is 2.60. The maximum Gasteiger partial charge on any atom is 0.325 e. The van der Waals surface area contributed by atoms with E-state index in [1.54, 1.807) is 48.5 Å². The van der Waals surface area contributed by atoms with Gasteiger partial charge in [-0.05, 0) is 36.4 Å². The average molecular weight is 330 g/mol. The minimum absolute atomic E-state index is 0.206. The van der Waals surface area contributed by atoms with Gasteiger partial charge < -0.3 is 25.3 Å². The number of anilines is 1. The van der Waals surface area contributed by atoms with Crippen molar-refractivity contribution in [3.05, 3.63) is 48.5 Å².